The molecule has 26 heavy (non-hydrogen) atoms. The van der Waals surface area contributed by atoms with Gasteiger partial charge in [-0.3, -0.25) is 9.52 Å². The van der Waals surface area contributed by atoms with Crippen molar-refractivity contribution in [2.24, 2.45) is 0 Å². The number of sulfonamides is 1. The lowest BCUT2D eigenvalue weighted by Gasteiger charge is -2.08. The van der Waals surface area contributed by atoms with E-state index in [0.29, 0.717) is 12.2 Å². The number of thiophene rings is 2. The van der Waals surface area contributed by atoms with E-state index in [9.17, 15) is 13.2 Å². The van der Waals surface area contributed by atoms with Crippen molar-refractivity contribution in [1.82, 2.24) is 5.32 Å². The first kappa shape index (κ1) is 19.1. The Morgan fingerprint density at radius 1 is 1.08 bits per heavy atom. The van der Waals surface area contributed by atoms with Gasteiger partial charge in [0.25, 0.3) is 10.0 Å². The van der Waals surface area contributed by atoms with Crippen molar-refractivity contribution in [2.45, 2.75) is 17.2 Å². The number of hydrogen-bond acceptors (Lipinski definition) is 5. The molecule has 0 aliphatic rings. The molecular weight excluding hydrogens is 456 g/mol. The average Bonchev–Trinajstić information content (AvgIpc) is 3.26. The van der Waals surface area contributed by atoms with Crippen LogP contribution < -0.4 is 10.0 Å². The van der Waals surface area contributed by atoms with Gasteiger partial charge in [0.15, 0.2) is 0 Å². The summed E-state index contributed by atoms with van der Waals surface area (Å²) < 4.78 is 28.1. The number of carbonyl (C=O) groups excluding carboxylic acids is 1. The van der Waals surface area contributed by atoms with Crippen LogP contribution in [0.5, 0.6) is 0 Å². The number of amides is 1. The monoisotopic (exact) mass is 470 g/mol. The van der Waals surface area contributed by atoms with Gasteiger partial charge in [-0.05, 0) is 57.2 Å². The molecule has 0 bridgehead atoms. The minimum absolute atomic E-state index is 0.0739. The fourth-order valence-corrected chi connectivity index (χ4v) is 5.90. The number of nitrogens with one attached hydrogen (secondary N) is 2. The summed E-state index contributed by atoms with van der Waals surface area (Å²) in [5, 5.41) is 4.84. The fourth-order valence-electron chi connectivity index (χ4n) is 2.18. The molecule has 2 N–H and O–H groups in total. The highest BCUT2D eigenvalue weighted by atomic mass is 79.9. The van der Waals surface area contributed by atoms with Crippen LogP contribution in [0, 0.1) is 0 Å². The van der Waals surface area contributed by atoms with Crippen LogP contribution in [0.3, 0.4) is 0 Å². The first-order chi connectivity index (χ1) is 12.4. The highest BCUT2D eigenvalue weighted by Crippen LogP contribution is 2.27. The van der Waals surface area contributed by atoms with Gasteiger partial charge in [-0.15, -0.1) is 22.7 Å². The average molecular weight is 471 g/mol. The Hall–Kier alpha value is -1.68. The normalized spacial score (nSPS) is 11.3. The van der Waals surface area contributed by atoms with E-state index >= 15 is 0 Å². The predicted molar refractivity (Wildman–Crippen MR) is 109 cm³/mol. The van der Waals surface area contributed by atoms with Gasteiger partial charge in [0, 0.05) is 10.6 Å². The van der Waals surface area contributed by atoms with Crippen LogP contribution in [0.1, 0.15) is 10.4 Å². The summed E-state index contributed by atoms with van der Waals surface area (Å²) >= 11 is 6.00. The topological polar surface area (TPSA) is 75.3 Å². The zero-order valence-electron chi connectivity index (χ0n) is 13.4. The molecule has 1 aromatic carbocycles. The van der Waals surface area contributed by atoms with Gasteiger partial charge in [-0.2, -0.15) is 0 Å². The van der Waals surface area contributed by atoms with Crippen molar-refractivity contribution in [1.29, 1.82) is 0 Å². The van der Waals surface area contributed by atoms with Crippen molar-refractivity contribution in [3.63, 3.8) is 0 Å². The molecule has 1 amide bonds. The van der Waals surface area contributed by atoms with Crippen LogP contribution in [0.15, 0.2) is 61.9 Å². The SMILES string of the molecule is O=C(Cc1ccc(NS(=O)(=O)c2ccc(Br)s2)cc1)NCc1cccs1. The number of hydrogen-bond donors (Lipinski definition) is 2. The molecule has 0 aliphatic heterocycles. The third kappa shape index (κ3) is 5.16. The van der Waals surface area contributed by atoms with Crippen LogP contribution in [0.2, 0.25) is 0 Å². The van der Waals surface area contributed by atoms with E-state index in [0.717, 1.165) is 25.6 Å². The van der Waals surface area contributed by atoms with Gasteiger partial charge in [0.1, 0.15) is 4.21 Å². The zero-order chi connectivity index (χ0) is 18.6. The lowest BCUT2D eigenvalue weighted by atomic mass is 10.1. The Labute approximate surface area is 168 Å². The number of benzene rings is 1. The molecular formula is C17H15BrN2O3S3. The van der Waals surface area contributed by atoms with Gasteiger partial charge in [-0.1, -0.05) is 18.2 Å². The summed E-state index contributed by atoms with van der Waals surface area (Å²) in [4.78, 5) is 13.1. The number of carbonyl (C=O) groups is 1. The second-order valence-corrected chi connectivity index (χ2v) is 10.8. The molecule has 2 heterocycles. The highest BCUT2D eigenvalue weighted by molar-refractivity contribution is 9.11. The van der Waals surface area contributed by atoms with Gasteiger partial charge >= 0.3 is 0 Å². The Balaban J connectivity index is 1.57. The first-order valence-electron chi connectivity index (χ1n) is 7.58. The van der Waals surface area contributed by atoms with Gasteiger partial charge < -0.3 is 5.32 Å². The Morgan fingerprint density at radius 3 is 2.46 bits per heavy atom. The Bertz CT molecular complexity index is 981. The molecule has 0 radical (unpaired) electrons. The zero-order valence-corrected chi connectivity index (χ0v) is 17.5. The summed E-state index contributed by atoms with van der Waals surface area (Å²) in [6.07, 6.45) is 0.246. The molecule has 3 aromatic rings. The smallest absolute Gasteiger partial charge is 0.271 e. The molecule has 0 atom stereocenters. The summed E-state index contributed by atoms with van der Waals surface area (Å²) in [5.41, 5.74) is 1.27. The molecule has 0 saturated heterocycles. The Kier molecular flexibility index (Phi) is 6.13. The molecule has 3 rings (SSSR count). The molecule has 0 spiro atoms. The predicted octanol–water partition coefficient (Wildman–Crippen LogP) is 4.23. The number of anilines is 1. The first-order valence-corrected chi connectivity index (χ1v) is 11.6. The van der Waals surface area contributed by atoms with Crippen LogP contribution in [0.4, 0.5) is 5.69 Å². The molecule has 0 unspecified atom stereocenters. The summed E-state index contributed by atoms with van der Waals surface area (Å²) in [5.74, 6) is -0.0739. The largest absolute Gasteiger partial charge is 0.351 e. The van der Waals surface area contributed by atoms with E-state index < -0.39 is 10.0 Å². The van der Waals surface area contributed by atoms with E-state index in [-0.39, 0.29) is 16.5 Å². The van der Waals surface area contributed by atoms with Crippen molar-refractivity contribution < 1.29 is 13.2 Å². The summed E-state index contributed by atoms with van der Waals surface area (Å²) in [6, 6.07) is 13.9. The molecule has 2 aromatic heterocycles. The van der Waals surface area contributed by atoms with Crippen molar-refractivity contribution >= 4 is 60.2 Å². The highest BCUT2D eigenvalue weighted by Gasteiger charge is 2.16. The molecule has 136 valence electrons. The maximum atomic E-state index is 12.3. The summed E-state index contributed by atoms with van der Waals surface area (Å²) in [7, 11) is -3.60. The van der Waals surface area contributed by atoms with Crippen LogP contribution in [-0.4, -0.2) is 14.3 Å². The molecule has 0 fully saturated rings. The lowest BCUT2D eigenvalue weighted by Crippen LogP contribution is -2.24. The van der Waals surface area contributed by atoms with Gasteiger partial charge in [0.2, 0.25) is 5.91 Å². The van der Waals surface area contributed by atoms with E-state index in [1.165, 1.54) is 0 Å². The third-order valence-electron chi connectivity index (χ3n) is 3.42. The van der Waals surface area contributed by atoms with Crippen LogP contribution in [0.25, 0.3) is 0 Å². The second kappa shape index (κ2) is 8.34. The van der Waals surface area contributed by atoms with Crippen molar-refractivity contribution in [3.05, 3.63) is 68.1 Å². The standard InChI is InChI=1S/C17H15BrN2O3S3/c18-15-7-8-17(25-15)26(22,23)20-13-5-3-12(4-6-13)10-16(21)19-11-14-2-1-9-24-14/h1-9,20H,10-11H2,(H,19,21). The number of rotatable bonds is 7. The maximum absolute atomic E-state index is 12.3. The second-order valence-electron chi connectivity index (χ2n) is 5.39. The van der Waals surface area contributed by atoms with E-state index in [4.69, 9.17) is 0 Å². The molecule has 9 heteroatoms. The molecule has 0 aliphatic carbocycles. The molecule has 0 saturated carbocycles. The quantitative estimate of drug-likeness (QED) is 0.542. The minimum atomic E-state index is -3.60. The third-order valence-corrected chi connectivity index (χ3v) is 7.80. The fraction of sp³-hybridized carbons (Fsp3) is 0.118. The van der Waals surface area contributed by atoms with E-state index in [1.54, 1.807) is 47.7 Å². The van der Waals surface area contributed by atoms with Crippen LogP contribution >= 0.6 is 38.6 Å². The van der Waals surface area contributed by atoms with Crippen LogP contribution in [-0.2, 0) is 27.8 Å². The van der Waals surface area contributed by atoms with Crippen molar-refractivity contribution in [2.75, 3.05) is 4.72 Å². The lowest BCUT2D eigenvalue weighted by molar-refractivity contribution is -0.120. The van der Waals surface area contributed by atoms with E-state index in [2.05, 4.69) is 26.0 Å². The molecule has 5 nitrogen and oxygen atoms in total. The Morgan fingerprint density at radius 2 is 1.85 bits per heavy atom. The van der Waals surface area contributed by atoms with E-state index in [1.807, 2.05) is 17.5 Å². The van der Waals surface area contributed by atoms with Gasteiger partial charge in [0.05, 0.1) is 16.8 Å². The van der Waals surface area contributed by atoms with Crippen molar-refractivity contribution in [3.8, 4) is 0 Å². The van der Waals surface area contributed by atoms with Gasteiger partial charge in [-0.25, -0.2) is 8.42 Å². The maximum Gasteiger partial charge on any atom is 0.271 e. The summed E-state index contributed by atoms with van der Waals surface area (Å²) in [6.45, 7) is 0.519. The minimum Gasteiger partial charge on any atom is -0.351 e. The number of halogens is 1.